The zero-order valence-electron chi connectivity index (χ0n) is 9.64. The van der Waals surface area contributed by atoms with Gasteiger partial charge in [-0.05, 0) is 31.2 Å². The number of benzene rings is 1. The molecule has 0 aliphatic heterocycles. The molecule has 0 aliphatic carbocycles. The topological polar surface area (TPSA) is 38.0 Å². The standard InChI is InChI=1S/C12H13FN2OS/c1-8-11(7-16)12(15(2)14-8)17-10-5-3-9(13)4-6-10/h3-6,16H,7H2,1-2H3. The van der Waals surface area contributed by atoms with Crippen LogP contribution in [0, 0.1) is 12.7 Å². The molecule has 3 nitrogen and oxygen atoms in total. The summed E-state index contributed by atoms with van der Waals surface area (Å²) in [6.45, 7) is 1.82. The molecular weight excluding hydrogens is 239 g/mol. The minimum Gasteiger partial charge on any atom is -0.392 e. The Bertz CT molecular complexity index is 522. The molecule has 0 fully saturated rings. The number of aromatic nitrogens is 2. The summed E-state index contributed by atoms with van der Waals surface area (Å²) in [7, 11) is 1.83. The maximum absolute atomic E-state index is 12.8. The van der Waals surface area contributed by atoms with Crippen molar-refractivity contribution in [1.29, 1.82) is 0 Å². The van der Waals surface area contributed by atoms with Gasteiger partial charge in [-0.2, -0.15) is 5.10 Å². The molecule has 0 saturated carbocycles. The largest absolute Gasteiger partial charge is 0.392 e. The first-order valence-electron chi connectivity index (χ1n) is 5.18. The highest BCUT2D eigenvalue weighted by Crippen LogP contribution is 2.31. The van der Waals surface area contributed by atoms with Crippen molar-refractivity contribution < 1.29 is 9.50 Å². The summed E-state index contributed by atoms with van der Waals surface area (Å²) < 4.78 is 14.5. The van der Waals surface area contributed by atoms with E-state index >= 15 is 0 Å². The maximum Gasteiger partial charge on any atom is 0.123 e. The SMILES string of the molecule is Cc1nn(C)c(Sc2ccc(F)cc2)c1CO. The van der Waals surface area contributed by atoms with Crippen LogP contribution in [-0.4, -0.2) is 14.9 Å². The van der Waals surface area contributed by atoms with Gasteiger partial charge in [0, 0.05) is 17.5 Å². The Kier molecular flexibility index (Phi) is 3.49. The van der Waals surface area contributed by atoms with Crippen LogP contribution in [0.4, 0.5) is 4.39 Å². The average Bonchev–Trinajstić information content (AvgIpc) is 2.57. The Balaban J connectivity index is 2.32. The predicted molar refractivity (Wildman–Crippen MR) is 64.4 cm³/mol. The molecule has 0 radical (unpaired) electrons. The average molecular weight is 252 g/mol. The second-order valence-electron chi connectivity index (χ2n) is 3.71. The Morgan fingerprint density at radius 2 is 2.00 bits per heavy atom. The van der Waals surface area contributed by atoms with Gasteiger partial charge in [0.2, 0.25) is 0 Å². The van der Waals surface area contributed by atoms with Crippen molar-refractivity contribution in [2.24, 2.45) is 7.05 Å². The van der Waals surface area contributed by atoms with E-state index in [0.29, 0.717) is 0 Å². The van der Waals surface area contributed by atoms with Gasteiger partial charge in [0.15, 0.2) is 0 Å². The van der Waals surface area contributed by atoms with Gasteiger partial charge in [0.05, 0.1) is 12.3 Å². The zero-order chi connectivity index (χ0) is 12.4. The van der Waals surface area contributed by atoms with Crippen molar-refractivity contribution in [3.05, 3.63) is 41.3 Å². The van der Waals surface area contributed by atoms with Crippen molar-refractivity contribution in [1.82, 2.24) is 9.78 Å². The molecule has 0 amide bonds. The first-order chi connectivity index (χ1) is 8.11. The zero-order valence-corrected chi connectivity index (χ0v) is 10.5. The van der Waals surface area contributed by atoms with Crippen LogP contribution in [0.25, 0.3) is 0 Å². The van der Waals surface area contributed by atoms with Gasteiger partial charge >= 0.3 is 0 Å². The molecule has 5 heteroatoms. The first kappa shape index (κ1) is 12.1. The number of hydrogen-bond donors (Lipinski definition) is 1. The van der Waals surface area contributed by atoms with Crippen molar-refractivity contribution in [2.75, 3.05) is 0 Å². The third kappa shape index (κ3) is 2.50. The van der Waals surface area contributed by atoms with E-state index in [9.17, 15) is 9.50 Å². The van der Waals surface area contributed by atoms with Crippen molar-refractivity contribution >= 4 is 11.8 Å². The number of aliphatic hydroxyl groups is 1. The van der Waals surface area contributed by atoms with Crippen LogP contribution in [0.15, 0.2) is 34.2 Å². The maximum atomic E-state index is 12.8. The fourth-order valence-electron chi connectivity index (χ4n) is 1.60. The van der Waals surface area contributed by atoms with Gasteiger partial charge in [-0.15, -0.1) is 0 Å². The molecule has 1 heterocycles. The Morgan fingerprint density at radius 3 is 2.59 bits per heavy atom. The van der Waals surface area contributed by atoms with Gasteiger partial charge in [-0.3, -0.25) is 4.68 Å². The highest BCUT2D eigenvalue weighted by molar-refractivity contribution is 7.99. The molecule has 2 rings (SSSR count). The second-order valence-corrected chi connectivity index (χ2v) is 4.77. The van der Waals surface area contributed by atoms with E-state index < -0.39 is 0 Å². The first-order valence-corrected chi connectivity index (χ1v) is 6.00. The van der Waals surface area contributed by atoms with Gasteiger partial charge < -0.3 is 5.11 Å². The third-order valence-corrected chi connectivity index (χ3v) is 3.69. The lowest BCUT2D eigenvalue weighted by atomic mass is 10.3. The minimum absolute atomic E-state index is 0.0385. The molecule has 2 aromatic rings. The van der Waals surface area contributed by atoms with Gasteiger partial charge in [0.25, 0.3) is 0 Å². The Hall–Kier alpha value is -1.33. The van der Waals surface area contributed by atoms with E-state index in [-0.39, 0.29) is 12.4 Å². The van der Waals surface area contributed by atoms with E-state index in [1.807, 2.05) is 14.0 Å². The third-order valence-electron chi connectivity index (χ3n) is 2.48. The normalized spacial score (nSPS) is 10.8. The lowest BCUT2D eigenvalue weighted by Gasteiger charge is -2.04. The summed E-state index contributed by atoms with van der Waals surface area (Å²) in [6.07, 6.45) is 0. The molecule has 90 valence electrons. The smallest absolute Gasteiger partial charge is 0.123 e. The summed E-state index contributed by atoms with van der Waals surface area (Å²) in [5, 5.41) is 14.5. The lowest BCUT2D eigenvalue weighted by Crippen LogP contribution is -1.93. The highest BCUT2D eigenvalue weighted by atomic mass is 32.2. The van der Waals surface area contributed by atoms with Crippen molar-refractivity contribution in [2.45, 2.75) is 23.5 Å². The number of hydrogen-bond acceptors (Lipinski definition) is 3. The highest BCUT2D eigenvalue weighted by Gasteiger charge is 2.13. The van der Waals surface area contributed by atoms with E-state index in [1.165, 1.54) is 23.9 Å². The molecule has 1 aromatic carbocycles. The minimum atomic E-state index is -0.252. The van der Waals surface area contributed by atoms with Crippen LogP contribution in [-0.2, 0) is 13.7 Å². The van der Waals surface area contributed by atoms with Crippen LogP contribution in [0.2, 0.25) is 0 Å². The van der Waals surface area contributed by atoms with E-state index in [4.69, 9.17) is 0 Å². The van der Waals surface area contributed by atoms with E-state index in [2.05, 4.69) is 5.10 Å². The Labute approximate surface area is 103 Å². The Morgan fingerprint density at radius 1 is 1.35 bits per heavy atom. The summed E-state index contributed by atoms with van der Waals surface area (Å²) in [5.74, 6) is -0.252. The number of aliphatic hydroxyl groups excluding tert-OH is 1. The molecule has 1 N–H and O–H groups in total. The van der Waals surface area contributed by atoms with Gasteiger partial charge in [-0.25, -0.2) is 4.39 Å². The van der Waals surface area contributed by atoms with Gasteiger partial charge in [0.1, 0.15) is 10.8 Å². The van der Waals surface area contributed by atoms with Crippen molar-refractivity contribution in [3.63, 3.8) is 0 Å². The van der Waals surface area contributed by atoms with Crippen LogP contribution >= 0.6 is 11.8 Å². The molecular formula is C12H13FN2OS. The van der Waals surface area contributed by atoms with Crippen LogP contribution in [0.1, 0.15) is 11.3 Å². The fraction of sp³-hybridized carbons (Fsp3) is 0.250. The van der Waals surface area contributed by atoms with Crippen molar-refractivity contribution in [3.8, 4) is 0 Å². The number of aryl methyl sites for hydroxylation is 2. The number of rotatable bonds is 3. The molecule has 0 unspecified atom stereocenters. The monoisotopic (exact) mass is 252 g/mol. The van der Waals surface area contributed by atoms with E-state index in [1.54, 1.807) is 16.8 Å². The van der Waals surface area contributed by atoms with Crippen LogP contribution in [0.3, 0.4) is 0 Å². The molecule has 0 spiro atoms. The molecule has 0 saturated heterocycles. The molecule has 0 atom stereocenters. The summed E-state index contributed by atoms with van der Waals surface area (Å²) in [4.78, 5) is 0.920. The van der Waals surface area contributed by atoms with Crippen LogP contribution in [0.5, 0.6) is 0 Å². The predicted octanol–water partition coefficient (Wildman–Crippen LogP) is 2.51. The molecule has 0 aliphatic rings. The summed E-state index contributed by atoms with van der Waals surface area (Å²) >= 11 is 1.47. The quantitative estimate of drug-likeness (QED) is 0.912. The van der Waals surface area contributed by atoms with E-state index in [0.717, 1.165) is 21.2 Å². The fourth-order valence-corrected chi connectivity index (χ4v) is 2.61. The molecule has 1 aromatic heterocycles. The molecule has 0 bridgehead atoms. The number of halogens is 1. The summed E-state index contributed by atoms with van der Waals surface area (Å²) in [6, 6.07) is 6.27. The van der Waals surface area contributed by atoms with Crippen LogP contribution < -0.4 is 0 Å². The molecule has 17 heavy (non-hydrogen) atoms. The summed E-state index contributed by atoms with van der Waals surface area (Å²) in [5.41, 5.74) is 1.64. The van der Waals surface area contributed by atoms with Gasteiger partial charge in [-0.1, -0.05) is 11.8 Å². The number of nitrogens with zero attached hydrogens (tertiary/aromatic N) is 2. The lowest BCUT2D eigenvalue weighted by molar-refractivity contribution is 0.277. The second kappa shape index (κ2) is 4.89.